The fraction of sp³-hybridized carbons (Fsp3) is 0.667. The molecule has 0 aliphatic carbocycles. The van der Waals surface area contributed by atoms with E-state index in [-0.39, 0.29) is 29.4 Å². The monoisotopic (exact) mass is 472 g/mol. The van der Waals surface area contributed by atoms with Crippen LogP contribution in [0.4, 0.5) is 0 Å². The summed E-state index contributed by atoms with van der Waals surface area (Å²) < 4.78 is 0. The molecule has 1 fully saturated rings. The van der Waals surface area contributed by atoms with E-state index < -0.39 is 0 Å². The molecule has 1 aromatic carbocycles. The van der Waals surface area contributed by atoms with Crippen LogP contribution in [0.5, 0.6) is 0 Å². The van der Waals surface area contributed by atoms with Crippen LogP contribution in [0.15, 0.2) is 35.3 Å². The van der Waals surface area contributed by atoms with Gasteiger partial charge in [-0.2, -0.15) is 0 Å². The summed E-state index contributed by atoms with van der Waals surface area (Å²) in [5.41, 5.74) is 1.57. The van der Waals surface area contributed by atoms with Gasteiger partial charge in [0.2, 0.25) is 0 Å². The maximum absolute atomic E-state index is 4.44. The molecule has 148 valence electrons. The highest BCUT2D eigenvalue weighted by Gasteiger charge is 2.28. The fourth-order valence-corrected chi connectivity index (χ4v) is 3.96. The van der Waals surface area contributed by atoms with Crippen LogP contribution in [0, 0.1) is 5.92 Å². The Hall–Kier alpha value is -0.820. The third-order valence-corrected chi connectivity index (χ3v) is 5.84. The minimum absolute atomic E-state index is 0. The molecule has 0 saturated carbocycles. The van der Waals surface area contributed by atoms with Gasteiger partial charge in [0, 0.05) is 32.1 Å². The summed E-state index contributed by atoms with van der Waals surface area (Å²) in [5, 5.41) is 7.13. The smallest absolute Gasteiger partial charge is 0.191 e. The van der Waals surface area contributed by atoms with Gasteiger partial charge in [0.15, 0.2) is 5.96 Å². The molecule has 5 heteroatoms. The predicted molar refractivity (Wildman–Crippen MR) is 124 cm³/mol. The summed E-state index contributed by atoms with van der Waals surface area (Å²) in [5.74, 6) is 1.64. The first-order valence-corrected chi connectivity index (χ1v) is 9.82. The molecule has 2 rings (SSSR count). The standard InChI is InChI=1S/C21H36N4.HI/c1-5-21(6-2,19-12-8-7-9-13-19)17-24-20(22-3)23-15-18-11-10-14-25(4)16-18;/h7-9,12-13,18H,5-6,10-11,14-17H2,1-4H3,(H2,22,23,24);1H. The lowest BCUT2D eigenvalue weighted by Gasteiger charge is -2.34. The molecule has 0 radical (unpaired) electrons. The van der Waals surface area contributed by atoms with E-state index in [2.05, 4.69) is 71.8 Å². The van der Waals surface area contributed by atoms with Gasteiger partial charge in [-0.1, -0.05) is 44.2 Å². The van der Waals surface area contributed by atoms with Crippen LogP contribution >= 0.6 is 24.0 Å². The highest BCUT2D eigenvalue weighted by atomic mass is 127. The number of aliphatic imine (C=N–C) groups is 1. The van der Waals surface area contributed by atoms with Gasteiger partial charge in [-0.15, -0.1) is 24.0 Å². The summed E-state index contributed by atoms with van der Waals surface area (Å²) in [4.78, 5) is 6.87. The molecule has 1 aliphatic rings. The molecule has 0 aromatic heterocycles. The van der Waals surface area contributed by atoms with Crippen molar-refractivity contribution in [2.75, 3.05) is 40.3 Å². The quantitative estimate of drug-likeness (QED) is 0.360. The van der Waals surface area contributed by atoms with Gasteiger partial charge >= 0.3 is 0 Å². The highest BCUT2D eigenvalue weighted by Crippen LogP contribution is 2.30. The molecule has 1 aliphatic heterocycles. The van der Waals surface area contributed by atoms with E-state index in [1.165, 1.54) is 31.5 Å². The summed E-state index contributed by atoms with van der Waals surface area (Å²) in [6, 6.07) is 10.9. The van der Waals surface area contributed by atoms with Crippen molar-refractivity contribution in [1.29, 1.82) is 0 Å². The average molecular weight is 472 g/mol. The zero-order valence-corrected chi connectivity index (χ0v) is 19.3. The lowest BCUT2D eigenvalue weighted by atomic mass is 9.76. The number of piperidine rings is 1. The lowest BCUT2D eigenvalue weighted by Crippen LogP contribution is -2.47. The Morgan fingerprint density at radius 2 is 1.88 bits per heavy atom. The molecule has 0 spiro atoms. The van der Waals surface area contributed by atoms with Crippen LogP contribution in [-0.2, 0) is 5.41 Å². The number of likely N-dealkylation sites (tertiary alicyclic amines) is 1. The Kier molecular flexibility index (Phi) is 10.5. The second-order valence-electron chi connectivity index (χ2n) is 7.43. The van der Waals surface area contributed by atoms with Crippen molar-refractivity contribution in [3.8, 4) is 0 Å². The van der Waals surface area contributed by atoms with Crippen molar-refractivity contribution in [3.05, 3.63) is 35.9 Å². The maximum Gasteiger partial charge on any atom is 0.191 e. The van der Waals surface area contributed by atoms with E-state index in [4.69, 9.17) is 0 Å². The average Bonchev–Trinajstić information content (AvgIpc) is 2.66. The van der Waals surface area contributed by atoms with E-state index in [0.717, 1.165) is 31.9 Å². The molecular weight excluding hydrogens is 435 g/mol. The molecule has 1 saturated heterocycles. The van der Waals surface area contributed by atoms with Gasteiger partial charge in [0.1, 0.15) is 0 Å². The number of guanidine groups is 1. The number of nitrogens with zero attached hydrogens (tertiary/aromatic N) is 2. The lowest BCUT2D eigenvalue weighted by molar-refractivity contribution is 0.210. The van der Waals surface area contributed by atoms with E-state index >= 15 is 0 Å². The minimum Gasteiger partial charge on any atom is -0.356 e. The van der Waals surface area contributed by atoms with Crippen LogP contribution in [0.25, 0.3) is 0 Å². The first kappa shape index (κ1) is 23.2. The number of hydrogen-bond acceptors (Lipinski definition) is 2. The Morgan fingerprint density at radius 1 is 1.19 bits per heavy atom. The molecule has 4 nitrogen and oxygen atoms in total. The normalized spacial score (nSPS) is 18.9. The van der Waals surface area contributed by atoms with Gasteiger partial charge in [-0.25, -0.2) is 0 Å². The molecule has 1 aromatic rings. The Morgan fingerprint density at radius 3 is 2.46 bits per heavy atom. The minimum atomic E-state index is 0. The summed E-state index contributed by atoms with van der Waals surface area (Å²) in [7, 11) is 4.08. The zero-order valence-electron chi connectivity index (χ0n) is 16.9. The summed E-state index contributed by atoms with van der Waals surface area (Å²) in [6.07, 6.45) is 4.85. The molecule has 1 atom stereocenters. The second-order valence-corrected chi connectivity index (χ2v) is 7.43. The zero-order chi connectivity index (χ0) is 18.1. The third-order valence-electron chi connectivity index (χ3n) is 5.84. The summed E-state index contributed by atoms with van der Waals surface area (Å²) in [6.45, 7) is 8.89. The molecule has 26 heavy (non-hydrogen) atoms. The molecule has 1 unspecified atom stereocenters. The van der Waals surface area contributed by atoms with Crippen molar-refractivity contribution in [2.24, 2.45) is 10.9 Å². The molecule has 0 amide bonds. The molecule has 1 heterocycles. The Balaban J connectivity index is 0.00000338. The van der Waals surface area contributed by atoms with E-state index in [9.17, 15) is 0 Å². The molecular formula is C21H37IN4. The number of halogens is 1. The predicted octanol–water partition coefficient (Wildman–Crippen LogP) is 3.87. The SMILES string of the molecule is CCC(CC)(CNC(=NC)NCC1CCCN(C)C1)c1ccccc1.I. The third kappa shape index (κ3) is 6.41. The van der Waals surface area contributed by atoms with E-state index in [0.29, 0.717) is 5.92 Å². The van der Waals surface area contributed by atoms with Gasteiger partial charge in [0.25, 0.3) is 0 Å². The summed E-state index contributed by atoms with van der Waals surface area (Å²) >= 11 is 0. The largest absolute Gasteiger partial charge is 0.356 e. The van der Waals surface area contributed by atoms with Crippen molar-refractivity contribution in [2.45, 2.75) is 44.9 Å². The van der Waals surface area contributed by atoms with E-state index in [1.807, 2.05) is 7.05 Å². The maximum atomic E-state index is 4.44. The van der Waals surface area contributed by atoms with Crippen LogP contribution in [0.3, 0.4) is 0 Å². The van der Waals surface area contributed by atoms with Crippen LogP contribution < -0.4 is 10.6 Å². The van der Waals surface area contributed by atoms with Gasteiger partial charge in [-0.3, -0.25) is 4.99 Å². The van der Waals surface area contributed by atoms with Gasteiger partial charge in [-0.05, 0) is 50.8 Å². The van der Waals surface area contributed by atoms with Gasteiger partial charge in [0.05, 0.1) is 0 Å². The fourth-order valence-electron chi connectivity index (χ4n) is 3.96. The first-order valence-electron chi connectivity index (χ1n) is 9.82. The Bertz CT molecular complexity index is 528. The number of benzene rings is 1. The van der Waals surface area contributed by atoms with Crippen molar-refractivity contribution < 1.29 is 0 Å². The second kappa shape index (κ2) is 11.8. The number of rotatable bonds is 7. The molecule has 2 N–H and O–H groups in total. The van der Waals surface area contributed by atoms with Crippen LogP contribution in [-0.4, -0.2) is 51.1 Å². The number of hydrogen-bond donors (Lipinski definition) is 2. The number of nitrogens with one attached hydrogen (secondary N) is 2. The van der Waals surface area contributed by atoms with Crippen LogP contribution in [0.2, 0.25) is 0 Å². The Labute approximate surface area is 177 Å². The van der Waals surface area contributed by atoms with Crippen molar-refractivity contribution in [1.82, 2.24) is 15.5 Å². The van der Waals surface area contributed by atoms with Gasteiger partial charge < -0.3 is 15.5 Å². The van der Waals surface area contributed by atoms with Crippen molar-refractivity contribution in [3.63, 3.8) is 0 Å². The van der Waals surface area contributed by atoms with E-state index in [1.54, 1.807) is 0 Å². The van der Waals surface area contributed by atoms with Crippen LogP contribution in [0.1, 0.15) is 45.1 Å². The molecule has 0 bridgehead atoms. The highest BCUT2D eigenvalue weighted by molar-refractivity contribution is 14.0. The van der Waals surface area contributed by atoms with Crippen molar-refractivity contribution >= 4 is 29.9 Å². The first-order chi connectivity index (χ1) is 12.1. The topological polar surface area (TPSA) is 39.7 Å².